The monoisotopic (exact) mass is 293 g/mol. The van der Waals surface area contributed by atoms with Crippen molar-refractivity contribution in [2.24, 2.45) is 0 Å². The smallest absolute Gasteiger partial charge is 0.387 e. The summed E-state index contributed by atoms with van der Waals surface area (Å²) < 4.78 is 45.5. The van der Waals surface area contributed by atoms with Gasteiger partial charge in [0.1, 0.15) is 13.2 Å². The Hall–Kier alpha value is -2.29. The summed E-state index contributed by atoms with van der Waals surface area (Å²) in [6, 6.07) is 2.86. The summed E-state index contributed by atoms with van der Waals surface area (Å²) >= 11 is 0. The average molecular weight is 293 g/mol. The van der Waals surface area contributed by atoms with Gasteiger partial charge in [-0.1, -0.05) is 0 Å². The van der Waals surface area contributed by atoms with Crippen LogP contribution in [0.4, 0.5) is 18.9 Å². The Labute approximate surface area is 111 Å². The fraction of sp³-hybridized carbons (Fsp3) is 0.273. The van der Waals surface area contributed by atoms with Crippen LogP contribution in [0.15, 0.2) is 18.2 Å². The van der Waals surface area contributed by atoms with Gasteiger partial charge in [0.15, 0.2) is 11.6 Å². The Morgan fingerprint density at radius 2 is 2.00 bits per heavy atom. The molecule has 110 valence electrons. The topological polar surface area (TPSA) is 84.9 Å². The summed E-state index contributed by atoms with van der Waals surface area (Å²) in [5.41, 5.74) is -0.00644. The van der Waals surface area contributed by atoms with Crippen molar-refractivity contribution in [2.45, 2.75) is 6.61 Å². The zero-order valence-corrected chi connectivity index (χ0v) is 9.94. The van der Waals surface area contributed by atoms with Gasteiger partial charge in [0, 0.05) is 11.8 Å². The second-order valence-corrected chi connectivity index (χ2v) is 3.46. The van der Waals surface area contributed by atoms with Crippen LogP contribution in [0.1, 0.15) is 0 Å². The Balaban J connectivity index is 2.54. The number of carboxylic acids is 1. The van der Waals surface area contributed by atoms with Gasteiger partial charge in [-0.2, -0.15) is 8.78 Å². The number of ether oxygens (including phenoxy) is 2. The van der Waals surface area contributed by atoms with Crippen molar-refractivity contribution >= 4 is 17.6 Å². The molecule has 0 bridgehead atoms. The molecular weight excluding hydrogens is 283 g/mol. The molecule has 0 atom stereocenters. The number of amides is 1. The van der Waals surface area contributed by atoms with Crippen molar-refractivity contribution in [1.82, 2.24) is 0 Å². The molecule has 1 aromatic carbocycles. The molecule has 0 heterocycles. The number of halogens is 3. The van der Waals surface area contributed by atoms with E-state index in [0.29, 0.717) is 0 Å². The predicted molar refractivity (Wildman–Crippen MR) is 60.1 cm³/mol. The molecule has 1 amide bonds. The Morgan fingerprint density at radius 3 is 2.55 bits per heavy atom. The molecule has 0 aliphatic carbocycles. The van der Waals surface area contributed by atoms with Crippen molar-refractivity contribution in [3.05, 3.63) is 24.0 Å². The molecule has 0 aromatic heterocycles. The van der Waals surface area contributed by atoms with E-state index >= 15 is 0 Å². The first kappa shape index (κ1) is 15.8. The number of carbonyl (C=O) groups is 2. The lowest BCUT2D eigenvalue weighted by Crippen LogP contribution is -2.20. The zero-order valence-electron chi connectivity index (χ0n) is 9.94. The molecule has 0 fully saturated rings. The molecule has 0 saturated heterocycles. The Kier molecular flexibility index (Phi) is 5.78. The number of aliphatic carboxylic acids is 1. The third kappa shape index (κ3) is 5.57. The number of nitrogens with one attached hydrogen (secondary N) is 1. The van der Waals surface area contributed by atoms with E-state index in [0.717, 1.165) is 18.2 Å². The van der Waals surface area contributed by atoms with E-state index in [1.807, 2.05) is 0 Å². The SMILES string of the molecule is O=C(O)COCC(=O)Nc1ccc(OC(F)F)c(F)c1. The third-order valence-corrected chi connectivity index (χ3v) is 1.89. The molecule has 20 heavy (non-hydrogen) atoms. The summed E-state index contributed by atoms with van der Waals surface area (Å²) in [5.74, 6) is -3.68. The molecule has 6 nitrogen and oxygen atoms in total. The molecule has 0 spiro atoms. The van der Waals surface area contributed by atoms with Crippen LogP contribution < -0.4 is 10.1 Å². The van der Waals surface area contributed by atoms with Gasteiger partial charge in [-0.15, -0.1) is 0 Å². The number of hydrogen-bond acceptors (Lipinski definition) is 4. The van der Waals surface area contributed by atoms with Gasteiger partial charge in [0.25, 0.3) is 0 Å². The molecule has 1 aromatic rings. The normalized spacial score (nSPS) is 10.4. The Morgan fingerprint density at radius 1 is 1.30 bits per heavy atom. The molecule has 0 aliphatic rings. The quantitative estimate of drug-likeness (QED) is 0.795. The van der Waals surface area contributed by atoms with Crippen molar-refractivity contribution in [2.75, 3.05) is 18.5 Å². The second kappa shape index (κ2) is 7.34. The summed E-state index contributed by atoms with van der Waals surface area (Å²) in [5, 5.41) is 10.5. The maximum Gasteiger partial charge on any atom is 0.387 e. The van der Waals surface area contributed by atoms with Gasteiger partial charge in [0.05, 0.1) is 0 Å². The highest BCUT2D eigenvalue weighted by Crippen LogP contribution is 2.22. The lowest BCUT2D eigenvalue weighted by atomic mass is 10.3. The van der Waals surface area contributed by atoms with Gasteiger partial charge in [0.2, 0.25) is 5.91 Å². The molecule has 0 aliphatic heterocycles. The fourth-order valence-corrected chi connectivity index (χ4v) is 1.20. The lowest BCUT2D eigenvalue weighted by Gasteiger charge is -2.08. The van der Waals surface area contributed by atoms with Crippen LogP contribution in [0.2, 0.25) is 0 Å². The standard InChI is InChI=1S/C11H10F3NO5/c12-7-3-6(1-2-8(7)20-11(13)14)15-9(16)4-19-5-10(17)18/h1-3,11H,4-5H2,(H,15,16)(H,17,18). The number of carbonyl (C=O) groups excluding carboxylic acids is 1. The fourth-order valence-electron chi connectivity index (χ4n) is 1.20. The van der Waals surface area contributed by atoms with Crippen LogP contribution in [0.5, 0.6) is 5.75 Å². The van der Waals surface area contributed by atoms with E-state index < -0.39 is 43.3 Å². The first-order chi connectivity index (χ1) is 9.38. The van der Waals surface area contributed by atoms with Gasteiger partial charge in [-0.25, -0.2) is 9.18 Å². The van der Waals surface area contributed by atoms with Crippen LogP contribution in [-0.2, 0) is 14.3 Å². The summed E-state index contributed by atoms with van der Waals surface area (Å²) in [7, 11) is 0. The molecule has 9 heteroatoms. The van der Waals surface area contributed by atoms with Gasteiger partial charge < -0.3 is 19.9 Å². The highest BCUT2D eigenvalue weighted by atomic mass is 19.3. The number of hydrogen-bond donors (Lipinski definition) is 2. The van der Waals surface area contributed by atoms with E-state index in [1.54, 1.807) is 0 Å². The number of carboxylic acid groups (broad SMARTS) is 1. The number of rotatable bonds is 7. The minimum Gasteiger partial charge on any atom is -0.480 e. The van der Waals surface area contributed by atoms with Crippen molar-refractivity contribution in [3.63, 3.8) is 0 Å². The van der Waals surface area contributed by atoms with Crippen LogP contribution >= 0.6 is 0 Å². The average Bonchev–Trinajstić information content (AvgIpc) is 2.31. The van der Waals surface area contributed by atoms with Crippen molar-refractivity contribution in [3.8, 4) is 5.75 Å². The number of benzene rings is 1. The molecule has 0 unspecified atom stereocenters. The number of anilines is 1. The summed E-state index contributed by atoms with van der Waals surface area (Å²) in [6.07, 6.45) is 0. The number of alkyl halides is 2. The lowest BCUT2D eigenvalue weighted by molar-refractivity contribution is -0.143. The maximum atomic E-state index is 13.3. The van der Waals surface area contributed by atoms with Crippen molar-refractivity contribution < 1.29 is 37.3 Å². The van der Waals surface area contributed by atoms with E-state index in [-0.39, 0.29) is 5.69 Å². The van der Waals surface area contributed by atoms with Crippen molar-refractivity contribution in [1.29, 1.82) is 0 Å². The van der Waals surface area contributed by atoms with Gasteiger partial charge >= 0.3 is 12.6 Å². The maximum absolute atomic E-state index is 13.3. The third-order valence-electron chi connectivity index (χ3n) is 1.89. The van der Waals surface area contributed by atoms with Crippen LogP contribution in [0.25, 0.3) is 0 Å². The van der Waals surface area contributed by atoms with Crippen LogP contribution in [0.3, 0.4) is 0 Å². The molecule has 0 saturated carbocycles. The van der Waals surface area contributed by atoms with Gasteiger partial charge in [-0.3, -0.25) is 4.79 Å². The van der Waals surface area contributed by atoms with E-state index in [9.17, 15) is 22.8 Å². The van der Waals surface area contributed by atoms with E-state index in [2.05, 4.69) is 14.8 Å². The zero-order chi connectivity index (χ0) is 15.1. The largest absolute Gasteiger partial charge is 0.480 e. The second-order valence-electron chi connectivity index (χ2n) is 3.46. The Bertz CT molecular complexity index is 495. The molecular formula is C11H10F3NO5. The highest BCUT2D eigenvalue weighted by molar-refractivity contribution is 5.91. The minimum absolute atomic E-state index is 0.00644. The van der Waals surface area contributed by atoms with Crippen LogP contribution in [0, 0.1) is 5.82 Å². The van der Waals surface area contributed by atoms with Gasteiger partial charge in [-0.05, 0) is 12.1 Å². The molecule has 0 radical (unpaired) electrons. The van der Waals surface area contributed by atoms with E-state index in [1.165, 1.54) is 0 Å². The molecule has 2 N–H and O–H groups in total. The highest BCUT2D eigenvalue weighted by Gasteiger charge is 2.11. The first-order valence-corrected chi connectivity index (χ1v) is 5.22. The first-order valence-electron chi connectivity index (χ1n) is 5.22. The molecule has 1 rings (SSSR count). The summed E-state index contributed by atoms with van der Waals surface area (Å²) in [4.78, 5) is 21.4. The predicted octanol–water partition coefficient (Wildman–Crippen LogP) is 1.47. The van der Waals surface area contributed by atoms with Crippen LogP contribution in [-0.4, -0.2) is 36.8 Å². The van der Waals surface area contributed by atoms with E-state index in [4.69, 9.17) is 5.11 Å². The minimum atomic E-state index is -3.16. The summed E-state index contributed by atoms with van der Waals surface area (Å²) in [6.45, 7) is -4.35.